The maximum Gasteiger partial charge on any atom is 0.191 e. The van der Waals surface area contributed by atoms with Gasteiger partial charge in [0.1, 0.15) is 12.4 Å². The highest BCUT2D eigenvalue weighted by atomic mass is 15.3. The summed E-state index contributed by atoms with van der Waals surface area (Å²) in [6.45, 7) is 7.64. The lowest BCUT2D eigenvalue weighted by Gasteiger charge is -2.25. The highest BCUT2D eigenvalue weighted by Crippen LogP contribution is 2.19. The molecule has 0 spiro atoms. The molecule has 1 saturated heterocycles. The second-order valence-corrected chi connectivity index (χ2v) is 7.62. The first-order chi connectivity index (χ1) is 13.8. The Hall–Kier alpha value is -2.41. The molecule has 0 aliphatic carbocycles. The van der Waals surface area contributed by atoms with Crippen molar-refractivity contribution >= 4 is 5.96 Å². The van der Waals surface area contributed by atoms with E-state index >= 15 is 0 Å². The Bertz CT molecular complexity index is 783. The van der Waals surface area contributed by atoms with Crippen LogP contribution in [0.4, 0.5) is 0 Å². The summed E-state index contributed by atoms with van der Waals surface area (Å²) in [4.78, 5) is 7.34. The largest absolute Gasteiger partial charge is 0.357 e. The number of benzene rings is 1. The van der Waals surface area contributed by atoms with Gasteiger partial charge < -0.3 is 15.2 Å². The molecule has 0 bridgehead atoms. The third-order valence-electron chi connectivity index (χ3n) is 5.64. The van der Waals surface area contributed by atoms with Crippen LogP contribution in [-0.2, 0) is 26.1 Å². The number of aromatic nitrogens is 3. The van der Waals surface area contributed by atoms with Gasteiger partial charge in [-0.05, 0) is 38.3 Å². The minimum atomic E-state index is 0.543. The number of aryl methyl sites for hydroxylation is 1. The molecular weight excluding hydrogens is 350 g/mol. The number of guanidine groups is 1. The fourth-order valence-electron chi connectivity index (χ4n) is 4.19. The van der Waals surface area contributed by atoms with Crippen LogP contribution in [0.25, 0.3) is 0 Å². The molecule has 1 aromatic heterocycles. The number of rotatable bonds is 7. The zero-order valence-corrected chi connectivity index (χ0v) is 16.8. The van der Waals surface area contributed by atoms with Gasteiger partial charge in [-0.1, -0.05) is 30.3 Å². The van der Waals surface area contributed by atoms with Gasteiger partial charge in [0, 0.05) is 38.6 Å². The van der Waals surface area contributed by atoms with Gasteiger partial charge in [0.2, 0.25) is 0 Å². The normalized spacial score (nSPS) is 19.8. The lowest BCUT2D eigenvalue weighted by molar-refractivity contribution is 0.245. The van der Waals surface area contributed by atoms with Crippen molar-refractivity contribution < 1.29 is 0 Å². The maximum absolute atomic E-state index is 4.76. The molecule has 1 fully saturated rings. The van der Waals surface area contributed by atoms with Crippen LogP contribution in [0.1, 0.15) is 43.4 Å². The van der Waals surface area contributed by atoms with Crippen LogP contribution in [0, 0.1) is 0 Å². The predicted molar refractivity (Wildman–Crippen MR) is 111 cm³/mol. The number of fused-ring (bicyclic) bond motifs is 1. The third-order valence-corrected chi connectivity index (χ3v) is 5.64. The molecule has 7 heteroatoms. The summed E-state index contributed by atoms with van der Waals surface area (Å²) in [5.74, 6) is 2.94. The summed E-state index contributed by atoms with van der Waals surface area (Å²) < 4.78 is 2.21. The SMILES string of the molecule is CCNC(=NCc1nnc2n1CCC2)NCC1CCCN1Cc1ccccc1. The Morgan fingerprint density at radius 3 is 2.89 bits per heavy atom. The monoisotopic (exact) mass is 381 g/mol. The predicted octanol–water partition coefficient (Wildman–Crippen LogP) is 1.94. The van der Waals surface area contributed by atoms with E-state index in [0.29, 0.717) is 12.6 Å². The Balaban J connectivity index is 1.33. The molecule has 2 N–H and O–H groups in total. The maximum atomic E-state index is 4.76. The van der Waals surface area contributed by atoms with Crippen LogP contribution in [0.3, 0.4) is 0 Å². The van der Waals surface area contributed by atoms with Crippen molar-refractivity contribution in [3.63, 3.8) is 0 Å². The topological polar surface area (TPSA) is 70.4 Å². The van der Waals surface area contributed by atoms with E-state index in [4.69, 9.17) is 4.99 Å². The van der Waals surface area contributed by atoms with Crippen LogP contribution < -0.4 is 10.6 Å². The summed E-state index contributed by atoms with van der Waals surface area (Å²) >= 11 is 0. The average Bonchev–Trinajstić information content (AvgIpc) is 3.43. The van der Waals surface area contributed by atoms with Gasteiger partial charge in [-0.2, -0.15) is 0 Å². The fourth-order valence-corrected chi connectivity index (χ4v) is 4.19. The van der Waals surface area contributed by atoms with E-state index in [0.717, 1.165) is 50.2 Å². The summed E-state index contributed by atoms with van der Waals surface area (Å²) in [6.07, 6.45) is 4.70. The molecule has 0 saturated carbocycles. The van der Waals surface area contributed by atoms with Crippen LogP contribution in [0.15, 0.2) is 35.3 Å². The molecule has 2 aliphatic heterocycles. The Morgan fingerprint density at radius 1 is 1.14 bits per heavy atom. The number of nitrogens with zero attached hydrogens (tertiary/aromatic N) is 5. The van der Waals surface area contributed by atoms with Gasteiger partial charge in [0.05, 0.1) is 0 Å². The second kappa shape index (κ2) is 9.19. The summed E-state index contributed by atoms with van der Waals surface area (Å²) in [6, 6.07) is 11.3. The number of hydrogen-bond acceptors (Lipinski definition) is 4. The van der Waals surface area contributed by atoms with E-state index in [-0.39, 0.29) is 0 Å². The van der Waals surface area contributed by atoms with Gasteiger partial charge in [-0.3, -0.25) is 4.90 Å². The summed E-state index contributed by atoms with van der Waals surface area (Å²) in [5, 5.41) is 15.5. The first kappa shape index (κ1) is 18.9. The zero-order valence-electron chi connectivity index (χ0n) is 16.8. The molecule has 1 aromatic carbocycles. The zero-order chi connectivity index (χ0) is 19.2. The first-order valence-electron chi connectivity index (χ1n) is 10.5. The molecule has 7 nitrogen and oxygen atoms in total. The van der Waals surface area contributed by atoms with E-state index in [9.17, 15) is 0 Å². The van der Waals surface area contributed by atoms with Gasteiger partial charge in [0.15, 0.2) is 11.8 Å². The quantitative estimate of drug-likeness (QED) is 0.567. The number of aliphatic imine (C=N–C) groups is 1. The molecular formula is C21H31N7. The lowest BCUT2D eigenvalue weighted by atomic mass is 10.2. The van der Waals surface area contributed by atoms with E-state index < -0.39 is 0 Å². The molecule has 150 valence electrons. The first-order valence-corrected chi connectivity index (χ1v) is 10.5. The summed E-state index contributed by atoms with van der Waals surface area (Å²) in [5.41, 5.74) is 1.38. The number of hydrogen-bond donors (Lipinski definition) is 2. The standard InChI is InChI=1S/C21H31N7/c1-2-22-21(24-15-20-26-25-19-11-7-13-28(19)20)23-14-18-10-6-12-27(18)16-17-8-4-3-5-9-17/h3-5,8-9,18H,2,6-7,10-16H2,1H3,(H2,22,23,24). The van der Waals surface area contributed by atoms with Crippen molar-refractivity contribution in [3.8, 4) is 0 Å². The summed E-state index contributed by atoms with van der Waals surface area (Å²) in [7, 11) is 0. The molecule has 28 heavy (non-hydrogen) atoms. The fraction of sp³-hybridized carbons (Fsp3) is 0.571. The minimum absolute atomic E-state index is 0.543. The molecule has 1 atom stereocenters. The molecule has 0 radical (unpaired) electrons. The van der Waals surface area contributed by atoms with Crippen molar-refractivity contribution in [2.24, 2.45) is 4.99 Å². The lowest BCUT2D eigenvalue weighted by Crippen LogP contribution is -2.44. The average molecular weight is 382 g/mol. The van der Waals surface area contributed by atoms with Crippen molar-refractivity contribution in [2.75, 3.05) is 19.6 Å². The molecule has 0 amide bonds. The highest BCUT2D eigenvalue weighted by molar-refractivity contribution is 5.79. The van der Waals surface area contributed by atoms with Crippen molar-refractivity contribution in [3.05, 3.63) is 47.5 Å². The van der Waals surface area contributed by atoms with Gasteiger partial charge in [-0.15, -0.1) is 10.2 Å². The Morgan fingerprint density at radius 2 is 2.04 bits per heavy atom. The molecule has 1 unspecified atom stereocenters. The highest BCUT2D eigenvalue weighted by Gasteiger charge is 2.24. The number of likely N-dealkylation sites (tertiary alicyclic amines) is 1. The van der Waals surface area contributed by atoms with E-state index in [2.05, 4.69) is 67.6 Å². The van der Waals surface area contributed by atoms with Gasteiger partial charge in [0.25, 0.3) is 0 Å². The van der Waals surface area contributed by atoms with E-state index in [1.165, 1.54) is 31.4 Å². The third kappa shape index (κ3) is 4.52. The van der Waals surface area contributed by atoms with Crippen LogP contribution in [0.5, 0.6) is 0 Å². The van der Waals surface area contributed by atoms with Gasteiger partial charge >= 0.3 is 0 Å². The van der Waals surface area contributed by atoms with Crippen molar-refractivity contribution in [1.82, 2.24) is 30.3 Å². The molecule has 2 aliphatic rings. The smallest absolute Gasteiger partial charge is 0.191 e. The van der Waals surface area contributed by atoms with Crippen LogP contribution in [-0.4, -0.2) is 51.3 Å². The Labute approximate surface area is 167 Å². The van der Waals surface area contributed by atoms with Crippen molar-refractivity contribution in [2.45, 2.75) is 58.3 Å². The Kier molecular flexibility index (Phi) is 6.21. The molecule has 3 heterocycles. The van der Waals surface area contributed by atoms with Crippen LogP contribution >= 0.6 is 0 Å². The van der Waals surface area contributed by atoms with Crippen LogP contribution in [0.2, 0.25) is 0 Å². The van der Waals surface area contributed by atoms with Crippen molar-refractivity contribution in [1.29, 1.82) is 0 Å². The minimum Gasteiger partial charge on any atom is -0.357 e. The molecule has 4 rings (SSSR count). The number of nitrogens with one attached hydrogen (secondary N) is 2. The van der Waals surface area contributed by atoms with E-state index in [1.807, 2.05) is 0 Å². The van der Waals surface area contributed by atoms with E-state index in [1.54, 1.807) is 0 Å². The van der Waals surface area contributed by atoms with Gasteiger partial charge in [-0.25, -0.2) is 4.99 Å². The second-order valence-electron chi connectivity index (χ2n) is 7.62. The molecule has 2 aromatic rings.